The topological polar surface area (TPSA) is 36.4 Å². The second kappa shape index (κ2) is 9.33. The molecule has 0 aliphatic heterocycles. The quantitative estimate of drug-likeness (QED) is 0.576. The van der Waals surface area contributed by atoms with E-state index in [1.54, 1.807) is 4.90 Å². The Morgan fingerprint density at radius 3 is 2.54 bits per heavy atom. The van der Waals surface area contributed by atoms with Crippen LogP contribution >= 0.6 is 35.3 Å². The molecule has 0 spiro atoms. The lowest BCUT2D eigenvalue weighted by Gasteiger charge is -2.21. The monoisotopic (exact) mass is 409 g/mol. The van der Waals surface area contributed by atoms with Crippen LogP contribution in [0.25, 0.3) is 10.2 Å². The van der Waals surface area contributed by atoms with Crippen LogP contribution in [-0.4, -0.2) is 43.0 Å². The highest BCUT2D eigenvalue weighted by molar-refractivity contribution is 7.22. The standard InChI is InChI=1S/C19H20ClN3OS.ClH/c1-22(2)11-6-12-23(18(24)14-7-4-3-5-8-14)19-21-16-10-9-15(20)13-17(16)25-19;/h3-5,7-10,13H,6,11-12H2,1-2H3;1H. The summed E-state index contributed by atoms with van der Waals surface area (Å²) in [5.41, 5.74) is 1.53. The van der Waals surface area contributed by atoms with Crippen molar-refractivity contribution >= 4 is 56.6 Å². The molecule has 2 aromatic carbocycles. The molecule has 26 heavy (non-hydrogen) atoms. The summed E-state index contributed by atoms with van der Waals surface area (Å²) < 4.78 is 0.987. The Morgan fingerprint density at radius 2 is 1.85 bits per heavy atom. The number of hydrogen-bond donors (Lipinski definition) is 0. The van der Waals surface area contributed by atoms with E-state index < -0.39 is 0 Å². The van der Waals surface area contributed by atoms with Gasteiger partial charge < -0.3 is 4.90 Å². The molecule has 0 saturated carbocycles. The molecule has 0 atom stereocenters. The van der Waals surface area contributed by atoms with E-state index in [0.29, 0.717) is 22.3 Å². The van der Waals surface area contributed by atoms with Crippen LogP contribution in [-0.2, 0) is 0 Å². The van der Waals surface area contributed by atoms with E-state index >= 15 is 0 Å². The first-order valence-electron chi connectivity index (χ1n) is 8.12. The van der Waals surface area contributed by atoms with Gasteiger partial charge in [0.25, 0.3) is 5.91 Å². The number of nitrogens with zero attached hydrogens (tertiary/aromatic N) is 3. The molecule has 7 heteroatoms. The average molecular weight is 410 g/mol. The Labute approximate surface area is 168 Å². The van der Waals surface area contributed by atoms with Crippen LogP contribution in [0.15, 0.2) is 48.5 Å². The van der Waals surface area contributed by atoms with E-state index in [9.17, 15) is 4.79 Å². The van der Waals surface area contributed by atoms with Crippen molar-refractivity contribution in [1.82, 2.24) is 9.88 Å². The molecule has 0 N–H and O–H groups in total. The number of benzene rings is 2. The molecular formula is C19H21Cl2N3OS. The average Bonchev–Trinajstić information content (AvgIpc) is 3.01. The lowest BCUT2D eigenvalue weighted by atomic mass is 10.2. The highest BCUT2D eigenvalue weighted by atomic mass is 35.5. The minimum atomic E-state index is -0.0236. The van der Waals surface area contributed by atoms with E-state index in [4.69, 9.17) is 11.6 Å². The Kier molecular flexibility index (Phi) is 7.41. The summed E-state index contributed by atoms with van der Waals surface area (Å²) in [6.45, 7) is 1.54. The van der Waals surface area contributed by atoms with Gasteiger partial charge in [0.1, 0.15) is 0 Å². The molecule has 0 fully saturated rings. The molecule has 0 saturated heterocycles. The fraction of sp³-hybridized carbons (Fsp3) is 0.263. The Bertz CT molecular complexity index is 868. The molecule has 3 aromatic rings. The lowest BCUT2D eigenvalue weighted by molar-refractivity contribution is 0.0986. The van der Waals surface area contributed by atoms with Crippen LogP contribution in [0.2, 0.25) is 5.02 Å². The van der Waals surface area contributed by atoms with E-state index in [0.717, 1.165) is 23.2 Å². The van der Waals surface area contributed by atoms with Crippen molar-refractivity contribution in [2.24, 2.45) is 0 Å². The first-order valence-corrected chi connectivity index (χ1v) is 9.32. The normalized spacial score (nSPS) is 10.8. The van der Waals surface area contributed by atoms with Crippen molar-refractivity contribution in [1.29, 1.82) is 0 Å². The highest BCUT2D eigenvalue weighted by Crippen LogP contribution is 2.31. The Morgan fingerprint density at radius 1 is 1.12 bits per heavy atom. The highest BCUT2D eigenvalue weighted by Gasteiger charge is 2.21. The summed E-state index contributed by atoms with van der Waals surface area (Å²) in [4.78, 5) is 21.6. The number of rotatable bonds is 6. The van der Waals surface area contributed by atoms with Gasteiger partial charge in [-0.15, -0.1) is 12.4 Å². The second-order valence-corrected chi connectivity index (χ2v) is 7.53. The molecule has 1 aromatic heterocycles. The van der Waals surface area contributed by atoms with E-state index in [2.05, 4.69) is 9.88 Å². The maximum atomic E-state index is 13.0. The zero-order valence-electron chi connectivity index (χ0n) is 14.7. The zero-order chi connectivity index (χ0) is 17.8. The van der Waals surface area contributed by atoms with Gasteiger partial charge >= 0.3 is 0 Å². The predicted octanol–water partition coefficient (Wildman–Crippen LogP) is 4.97. The van der Waals surface area contributed by atoms with Crippen molar-refractivity contribution in [3.05, 3.63) is 59.1 Å². The molecule has 0 radical (unpaired) electrons. The van der Waals surface area contributed by atoms with Crippen LogP contribution in [0, 0.1) is 0 Å². The third-order valence-electron chi connectivity index (χ3n) is 3.82. The van der Waals surface area contributed by atoms with Crippen molar-refractivity contribution in [3.8, 4) is 0 Å². The van der Waals surface area contributed by atoms with Gasteiger partial charge in [0, 0.05) is 17.1 Å². The maximum Gasteiger partial charge on any atom is 0.260 e. The molecule has 1 amide bonds. The smallest absolute Gasteiger partial charge is 0.260 e. The molecule has 0 aliphatic carbocycles. The fourth-order valence-corrected chi connectivity index (χ4v) is 3.83. The van der Waals surface area contributed by atoms with Gasteiger partial charge in [-0.3, -0.25) is 9.69 Å². The zero-order valence-corrected chi connectivity index (χ0v) is 17.1. The molecule has 0 unspecified atom stereocenters. The molecular weight excluding hydrogens is 389 g/mol. The number of amides is 1. The van der Waals surface area contributed by atoms with Gasteiger partial charge in [-0.1, -0.05) is 41.1 Å². The van der Waals surface area contributed by atoms with Crippen molar-refractivity contribution in [2.45, 2.75) is 6.42 Å². The van der Waals surface area contributed by atoms with E-state index in [1.807, 2.05) is 62.6 Å². The number of halogens is 2. The summed E-state index contributed by atoms with van der Waals surface area (Å²) in [5, 5.41) is 1.39. The largest absolute Gasteiger partial charge is 0.309 e. The van der Waals surface area contributed by atoms with Crippen LogP contribution in [0.5, 0.6) is 0 Å². The van der Waals surface area contributed by atoms with Crippen molar-refractivity contribution in [2.75, 3.05) is 32.1 Å². The van der Waals surface area contributed by atoms with Crippen LogP contribution < -0.4 is 4.90 Å². The summed E-state index contributed by atoms with van der Waals surface area (Å²) in [7, 11) is 4.06. The molecule has 0 bridgehead atoms. The van der Waals surface area contributed by atoms with E-state index in [-0.39, 0.29) is 18.3 Å². The van der Waals surface area contributed by atoms with Gasteiger partial charge in [-0.2, -0.15) is 0 Å². The number of aromatic nitrogens is 1. The third-order valence-corrected chi connectivity index (χ3v) is 5.10. The second-order valence-electron chi connectivity index (χ2n) is 6.09. The van der Waals surface area contributed by atoms with Gasteiger partial charge in [-0.25, -0.2) is 4.98 Å². The van der Waals surface area contributed by atoms with Crippen molar-refractivity contribution in [3.63, 3.8) is 0 Å². The number of fused-ring (bicyclic) bond motifs is 1. The fourth-order valence-electron chi connectivity index (χ4n) is 2.57. The van der Waals surface area contributed by atoms with Crippen LogP contribution in [0.1, 0.15) is 16.8 Å². The number of carbonyl (C=O) groups excluding carboxylic acids is 1. The number of thiazole rings is 1. The molecule has 4 nitrogen and oxygen atoms in total. The number of hydrogen-bond acceptors (Lipinski definition) is 4. The first kappa shape index (κ1) is 20.6. The lowest BCUT2D eigenvalue weighted by Crippen LogP contribution is -2.33. The number of anilines is 1. The molecule has 0 aliphatic rings. The van der Waals surface area contributed by atoms with Gasteiger partial charge in [0.15, 0.2) is 5.13 Å². The van der Waals surface area contributed by atoms with Crippen molar-refractivity contribution < 1.29 is 4.79 Å². The SMILES string of the molecule is CN(C)CCCN(C(=O)c1ccccc1)c1nc2ccc(Cl)cc2s1.Cl. The van der Waals surface area contributed by atoms with E-state index in [1.165, 1.54) is 11.3 Å². The first-order chi connectivity index (χ1) is 12.0. The maximum absolute atomic E-state index is 13.0. The molecule has 138 valence electrons. The predicted molar refractivity (Wildman–Crippen MR) is 113 cm³/mol. The summed E-state index contributed by atoms with van der Waals surface area (Å²) >= 11 is 7.57. The summed E-state index contributed by atoms with van der Waals surface area (Å²) in [6, 6.07) is 14.9. The van der Waals surface area contributed by atoms with Gasteiger partial charge in [0.2, 0.25) is 0 Å². The summed E-state index contributed by atoms with van der Waals surface area (Å²) in [5.74, 6) is -0.0236. The Balaban J connectivity index is 0.00000243. The Hall–Kier alpha value is -1.66. The van der Waals surface area contributed by atoms with Gasteiger partial charge in [0.05, 0.1) is 10.2 Å². The van der Waals surface area contributed by atoms with Crippen LogP contribution in [0.4, 0.5) is 5.13 Å². The molecule has 3 rings (SSSR count). The van der Waals surface area contributed by atoms with Gasteiger partial charge in [-0.05, 0) is 57.4 Å². The third kappa shape index (κ3) is 4.95. The minimum Gasteiger partial charge on any atom is -0.309 e. The summed E-state index contributed by atoms with van der Waals surface area (Å²) in [6.07, 6.45) is 0.877. The minimum absolute atomic E-state index is 0. The molecule has 1 heterocycles. The van der Waals surface area contributed by atoms with Crippen LogP contribution in [0.3, 0.4) is 0 Å². The number of carbonyl (C=O) groups is 1.